The molecule has 1 unspecified atom stereocenters. The van der Waals surface area contributed by atoms with Gasteiger partial charge in [0.15, 0.2) is 0 Å². The molecule has 0 aliphatic carbocycles. The number of imidazole rings is 1. The number of carbonyl (C=O) groups excluding carboxylic acids is 1. The van der Waals surface area contributed by atoms with Gasteiger partial charge in [0.1, 0.15) is 5.82 Å². The highest BCUT2D eigenvalue weighted by Crippen LogP contribution is 2.19. The van der Waals surface area contributed by atoms with Crippen molar-refractivity contribution in [1.82, 2.24) is 14.5 Å². The topological polar surface area (TPSA) is 47.4 Å². The Hall–Kier alpha value is -2.14. The van der Waals surface area contributed by atoms with Gasteiger partial charge in [0.2, 0.25) is 0 Å². The van der Waals surface area contributed by atoms with E-state index >= 15 is 0 Å². The van der Waals surface area contributed by atoms with Gasteiger partial charge in [-0.1, -0.05) is 12.1 Å². The Morgan fingerprint density at radius 3 is 2.79 bits per heavy atom. The van der Waals surface area contributed by atoms with Crippen LogP contribution in [0.25, 0.3) is 11.4 Å². The summed E-state index contributed by atoms with van der Waals surface area (Å²) in [5.41, 5.74) is 1.73. The van der Waals surface area contributed by atoms with Crippen LogP contribution in [-0.4, -0.2) is 46.7 Å². The summed E-state index contributed by atoms with van der Waals surface area (Å²) in [6.07, 6.45) is 8.43. The summed E-state index contributed by atoms with van der Waals surface area (Å²) in [6, 6.07) is 7.66. The number of amides is 1. The van der Waals surface area contributed by atoms with E-state index in [2.05, 4.69) is 4.98 Å². The lowest BCUT2D eigenvalue weighted by molar-refractivity contribution is 0.0763. The van der Waals surface area contributed by atoms with Crippen LogP contribution in [0, 0.1) is 0 Å². The second-order valence-corrected chi connectivity index (χ2v) is 6.44. The van der Waals surface area contributed by atoms with Gasteiger partial charge in [0.05, 0.1) is 6.10 Å². The lowest BCUT2D eigenvalue weighted by Crippen LogP contribution is -2.28. The van der Waals surface area contributed by atoms with Crippen molar-refractivity contribution in [2.75, 3.05) is 20.2 Å². The first kappa shape index (κ1) is 16.7. The summed E-state index contributed by atoms with van der Waals surface area (Å²) in [6.45, 7) is 1.65. The summed E-state index contributed by atoms with van der Waals surface area (Å²) in [5.74, 6) is 0.965. The van der Waals surface area contributed by atoms with Gasteiger partial charge in [-0.2, -0.15) is 0 Å². The van der Waals surface area contributed by atoms with Gasteiger partial charge in [-0.3, -0.25) is 4.79 Å². The molecule has 2 aromatic rings. The van der Waals surface area contributed by atoms with Gasteiger partial charge in [0, 0.05) is 50.8 Å². The largest absolute Gasteiger partial charge is 0.378 e. The third kappa shape index (κ3) is 3.85. The van der Waals surface area contributed by atoms with Crippen molar-refractivity contribution in [2.45, 2.75) is 31.8 Å². The summed E-state index contributed by atoms with van der Waals surface area (Å²) >= 11 is 0. The highest BCUT2D eigenvalue weighted by molar-refractivity contribution is 5.94. The normalized spacial score (nSPS) is 17.2. The minimum atomic E-state index is 0.0636. The summed E-state index contributed by atoms with van der Waals surface area (Å²) < 4.78 is 7.59. The first-order chi connectivity index (χ1) is 11.6. The quantitative estimate of drug-likeness (QED) is 0.819. The fourth-order valence-corrected chi connectivity index (χ4v) is 3.16. The number of nitrogens with zero attached hydrogens (tertiary/aromatic N) is 3. The molecule has 0 N–H and O–H groups in total. The number of carbonyl (C=O) groups is 1. The average Bonchev–Trinajstić information content (AvgIpc) is 3.26. The molecular weight excluding hydrogens is 302 g/mol. The van der Waals surface area contributed by atoms with Crippen molar-refractivity contribution in [2.24, 2.45) is 7.05 Å². The van der Waals surface area contributed by atoms with Crippen molar-refractivity contribution < 1.29 is 9.53 Å². The standard InChI is InChI=1S/C19H25N3O2/c1-21-13-11-20-18(21)15-7-9-16(10-8-15)19(23)22(2)12-3-5-17-6-4-14-24-17/h7-11,13,17H,3-6,12,14H2,1-2H3. The summed E-state index contributed by atoms with van der Waals surface area (Å²) in [7, 11) is 3.83. The van der Waals surface area contributed by atoms with E-state index in [0.29, 0.717) is 11.7 Å². The molecule has 1 amide bonds. The molecule has 3 rings (SSSR count). The maximum absolute atomic E-state index is 12.5. The smallest absolute Gasteiger partial charge is 0.253 e. The highest BCUT2D eigenvalue weighted by Gasteiger charge is 2.17. The van der Waals surface area contributed by atoms with Crippen molar-refractivity contribution in [3.63, 3.8) is 0 Å². The molecule has 5 heteroatoms. The zero-order chi connectivity index (χ0) is 16.9. The summed E-state index contributed by atoms with van der Waals surface area (Å²) in [5, 5.41) is 0. The van der Waals surface area contributed by atoms with Crippen LogP contribution in [0.5, 0.6) is 0 Å². The van der Waals surface area contributed by atoms with Gasteiger partial charge in [-0.05, 0) is 37.8 Å². The Bertz CT molecular complexity index is 672. The molecular formula is C19H25N3O2. The maximum atomic E-state index is 12.5. The molecule has 1 atom stereocenters. The molecule has 1 aromatic heterocycles. The third-order valence-electron chi connectivity index (χ3n) is 4.60. The third-order valence-corrected chi connectivity index (χ3v) is 4.60. The van der Waals surface area contributed by atoms with Crippen LogP contribution in [-0.2, 0) is 11.8 Å². The highest BCUT2D eigenvalue weighted by atomic mass is 16.5. The van der Waals surface area contributed by atoms with Crippen LogP contribution >= 0.6 is 0 Å². The van der Waals surface area contributed by atoms with E-state index < -0.39 is 0 Å². The van der Waals surface area contributed by atoms with Crippen molar-refractivity contribution in [3.05, 3.63) is 42.2 Å². The molecule has 0 bridgehead atoms. The summed E-state index contributed by atoms with van der Waals surface area (Å²) in [4.78, 5) is 18.6. The van der Waals surface area contributed by atoms with Gasteiger partial charge >= 0.3 is 0 Å². The van der Waals surface area contributed by atoms with Gasteiger partial charge in [0.25, 0.3) is 5.91 Å². The number of benzene rings is 1. The average molecular weight is 327 g/mol. The predicted octanol–water partition coefficient (Wildman–Crippen LogP) is 3.12. The number of aromatic nitrogens is 2. The minimum absolute atomic E-state index is 0.0636. The van der Waals surface area contributed by atoms with E-state index in [1.54, 1.807) is 11.1 Å². The molecule has 5 nitrogen and oxygen atoms in total. The SMILES string of the molecule is CN(CCCC1CCCO1)C(=O)c1ccc(-c2nccn2C)cc1. The van der Waals surface area contributed by atoms with Gasteiger partial charge in [-0.25, -0.2) is 4.98 Å². The first-order valence-corrected chi connectivity index (χ1v) is 8.60. The number of hydrogen-bond donors (Lipinski definition) is 0. The minimum Gasteiger partial charge on any atom is -0.378 e. The molecule has 1 aromatic carbocycles. The first-order valence-electron chi connectivity index (χ1n) is 8.60. The number of ether oxygens (including phenoxy) is 1. The van der Waals surface area contributed by atoms with E-state index in [-0.39, 0.29) is 5.91 Å². The molecule has 1 aliphatic heterocycles. The zero-order valence-electron chi connectivity index (χ0n) is 14.4. The lowest BCUT2D eigenvalue weighted by atomic mass is 10.1. The van der Waals surface area contributed by atoms with E-state index in [9.17, 15) is 4.79 Å². The Morgan fingerprint density at radius 1 is 1.38 bits per heavy atom. The molecule has 128 valence electrons. The Labute approximate surface area is 143 Å². The van der Waals surface area contributed by atoms with Gasteiger partial charge in [-0.15, -0.1) is 0 Å². The molecule has 1 aliphatic rings. The maximum Gasteiger partial charge on any atom is 0.253 e. The zero-order valence-corrected chi connectivity index (χ0v) is 14.4. The van der Waals surface area contributed by atoms with Crippen molar-refractivity contribution in [1.29, 1.82) is 0 Å². The molecule has 0 saturated carbocycles. The lowest BCUT2D eigenvalue weighted by Gasteiger charge is -2.18. The molecule has 1 saturated heterocycles. The second kappa shape index (κ2) is 7.62. The Balaban J connectivity index is 1.55. The molecule has 0 radical (unpaired) electrons. The van der Waals surface area contributed by atoms with Crippen molar-refractivity contribution >= 4 is 5.91 Å². The molecule has 0 spiro atoms. The van der Waals surface area contributed by atoms with Crippen molar-refractivity contribution in [3.8, 4) is 11.4 Å². The predicted molar refractivity (Wildman–Crippen MR) is 93.8 cm³/mol. The number of rotatable bonds is 6. The van der Waals surface area contributed by atoms with E-state index in [4.69, 9.17) is 4.74 Å². The molecule has 1 fully saturated rings. The van der Waals surface area contributed by atoms with Crippen LogP contribution in [0.15, 0.2) is 36.7 Å². The van der Waals surface area contributed by atoms with Crippen LogP contribution in [0.1, 0.15) is 36.0 Å². The fraction of sp³-hybridized carbons (Fsp3) is 0.474. The van der Waals surface area contributed by atoms with Crippen LogP contribution in [0.2, 0.25) is 0 Å². The van der Waals surface area contributed by atoms with Crippen LogP contribution < -0.4 is 0 Å². The van der Waals surface area contributed by atoms with Crippen LogP contribution in [0.3, 0.4) is 0 Å². The Kier molecular flexibility index (Phi) is 5.30. The fourth-order valence-electron chi connectivity index (χ4n) is 3.16. The second-order valence-electron chi connectivity index (χ2n) is 6.44. The van der Waals surface area contributed by atoms with Crippen LogP contribution in [0.4, 0.5) is 0 Å². The van der Waals surface area contributed by atoms with E-state index in [1.807, 2.05) is 49.1 Å². The van der Waals surface area contributed by atoms with Gasteiger partial charge < -0.3 is 14.2 Å². The number of hydrogen-bond acceptors (Lipinski definition) is 3. The molecule has 24 heavy (non-hydrogen) atoms. The van der Waals surface area contributed by atoms with E-state index in [0.717, 1.165) is 43.8 Å². The monoisotopic (exact) mass is 327 g/mol. The molecule has 2 heterocycles. The number of aryl methyl sites for hydroxylation is 1. The van der Waals surface area contributed by atoms with E-state index in [1.165, 1.54) is 6.42 Å². The Morgan fingerprint density at radius 2 is 2.17 bits per heavy atom.